The minimum absolute atomic E-state index is 0.0824. The van der Waals surface area contributed by atoms with Crippen molar-refractivity contribution in [2.45, 2.75) is 13.0 Å². The maximum atomic E-state index is 11.4. The number of hydrogen-bond acceptors (Lipinski definition) is 6. The maximum absolute atomic E-state index is 11.4. The molecule has 1 saturated heterocycles. The Hall–Kier alpha value is -3.35. The van der Waals surface area contributed by atoms with Gasteiger partial charge in [-0.3, -0.25) is 9.69 Å². The normalized spacial score (nSPS) is 15.2. The summed E-state index contributed by atoms with van der Waals surface area (Å²) in [7, 11) is 0. The molecule has 6 heteroatoms. The van der Waals surface area contributed by atoms with Crippen LogP contribution in [0.4, 0.5) is 5.69 Å². The van der Waals surface area contributed by atoms with Crippen molar-refractivity contribution in [1.29, 1.82) is 0 Å². The van der Waals surface area contributed by atoms with Gasteiger partial charge in [0.1, 0.15) is 30.0 Å². The number of anilines is 1. The summed E-state index contributed by atoms with van der Waals surface area (Å²) in [5, 5.41) is 10.4. The van der Waals surface area contributed by atoms with Crippen molar-refractivity contribution in [3.8, 4) is 17.2 Å². The molecule has 0 radical (unpaired) electrons. The molecule has 0 aliphatic carbocycles. The van der Waals surface area contributed by atoms with Gasteiger partial charge in [0.2, 0.25) is 0 Å². The Morgan fingerprint density at radius 2 is 1.45 bits per heavy atom. The largest absolute Gasteiger partial charge is 0.491 e. The standard InChI is InChI=1S/C27H30N2O4/c1-21(30)22-7-9-23(10-8-22)29-17-15-28(16-18-29)19-24(31)20-32-25-11-13-27(14-12-25)33-26-5-3-2-4-6-26/h2-14,24,31H,15-20H2,1H3. The van der Waals surface area contributed by atoms with Crippen LogP contribution in [0.25, 0.3) is 0 Å². The summed E-state index contributed by atoms with van der Waals surface area (Å²) in [4.78, 5) is 16.0. The zero-order valence-corrected chi connectivity index (χ0v) is 18.9. The van der Waals surface area contributed by atoms with E-state index in [1.165, 1.54) is 0 Å². The molecule has 0 bridgehead atoms. The summed E-state index contributed by atoms with van der Waals surface area (Å²) in [6.45, 7) is 5.91. The van der Waals surface area contributed by atoms with Gasteiger partial charge in [-0.1, -0.05) is 18.2 Å². The van der Waals surface area contributed by atoms with E-state index in [0.29, 0.717) is 12.3 Å². The maximum Gasteiger partial charge on any atom is 0.159 e. The number of carbonyl (C=O) groups excluding carboxylic acids is 1. The lowest BCUT2D eigenvalue weighted by molar-refractivity contribution is 0.0663. The topological polar surface area (TPSA) is 62.2 Å². The zero-order chi connectivity index (χ0) is 23.0. The van der Waals surface area contributed by atoms with Gasteiger partial charge in [0.05, 0.1) is 0 Å². The van der Waals surface area contributed by atoms with Crippen molar-refractivity contribution in [3.05, 3.63) is 84.4 Å². The van der Waals surface area contributed by atoms with E-state index in [1.54, 1.807) is 6.92 Å². The molecule has 0 amide bonds. The van der Waals surface area contributed by atoms with Gasteiger partial charge in [0, 0.05) is 44.0 Å². The molecule has 172 valence electrons. The van der Waals surface area contributed by atoms with Crippen molar-refractivity contribution in [2.24, 2.45) is 0 Å². The Kier molecular flexibility index (Phi) is 7.60. The molecule has 33 heavy (non-hydrogen) atoms. The molecule has 1 aliphatic heterocycles. The molecule has 1 unspecified atom stereocenters. The Morgan fingerprint density at radius 3 is 2.09 bits per heavy atom. The number of nitrogens with zero attached hydrogens (tertiary/aromatic N) is 2. The van der Waals surface area contributed by atoms with Crippen LogP contribution >= 0.6 is 0 Å². The first kappa shape index (κ1) is 22.8. The predicted molar refractivity (Wildman–Crippen MR) is 130 cm³/mol. The molecule has 1 fully saturated rings. The van der Waals surface area contributed by atoms with E-state index in [2.05, 4.69) is 9.80 Å². The molecule has 1 heterocycles. The number of benzene rings is 3. The predicted octanol–water partition coefficient (Wildman–Crippen LogP) is 4.24. The number of piperazine rings is 1. The first-order valence-corrected chi connectivity index (χ1v) is 11.3. The van der Waals surface area contributed by atoms with Crippen LogP contribution in [-0.2, 0) is 0 Å². The van der Waals surface area contributed by atoms with Gasteiger partial charge in [-0.05, 0) is 67.6 Å². The van der Waals surface area contributed by atoms with Crippen LogP contribution in [0, 0.1) is 0 Å². The number of ether oxygens (including phenoxy) is 2. The molecule has 6 nitrogen and oxygen atoms in total. The number of para-hydroxylation sites is 1. The van der Waals surface area contributed by atoms with Gasteiger partial charge in [0.25, 0.3) is 0 Å². The van der Waals surface area contributed by atoms with E-state index in [-0.39, 0.29) is 12.4 Å². The minimum Gasteiger partial charge on any atom is -0.491 e. The smallest absolute Gasteiger partial charge is 0.159 e. The average Bonchev–Trinajstić information content (AvgIpc) is 2.85. The average molecular weight is 447 g/mol. The molecule has 3 aromatic rings. The van der Waals surface area contributed by atoms with Crippen LogP contribution in [0.3, 0.4) is 0 Å². The van der Waals surface area contributed by atoms with Crippen molar-refractivity contribution in [2.75, 3.05) is 44.2 Å². The lowest BCUT2D eigenvalue weighted by Crippen LogP contribution is -2.49. The first-order chi connectivity index (χ1) is 16.1. The fraction of sp³-hybridized carbons (Fsp3) is 0.296. The molecule has 4 rings (SSSR count). The minimum atomic E-state index is -0.563. The van der Waals surface area contributed by atoms with E-state index in [1.807, 2.05) is 78.9 Å². The zero-order valence-electron chi connectivity index (χ0n) is 18.9. The number of Topliss-reactive ketones (excluding diaryl/α,β-unsaturated/α-hetero) is 1. The van der Waals surface area contributed by atoms with Gasteiger partial charge >= 0.3 is 0 Å². The third kappa shape index (κ3) is 6.57. The highest BCUT2D eigenvalue weighted by Crippen LogP contribution is 2.23. The summed E-state index contributed by atoms with van der Waals surface area (Å²) in [5.74, 6) is 2.31. The highest BCUT2D eigenvalue weighted by Gasteiger charge is 2.20. The van der Waals surface area contributed by atoms with Crippen LogP contribution in [0.15, 0.2) is 78.9 Å². The third-order valence-electron chi connectivity index (χ3n) is 5.73. The second kappa shape index (κ2) is 11.0. The summed E-state index contributed by atoms with van der Waals surface area (Å²) in [6.07, 6.45) is -0.563. The monoisotopic (exact) mass is 446 g/mol. The number of aliphatic hydroxyl groups is 1. The Bertz CT molecular complexity index is 1010. The first-order valence-electron chi connectivity index (χ1n) is 11.3. The third-order valence-corrected chi connectivity index (χ3v) is 5.73. The second-order valence-corrected chi connectivity index (χ2v) is 8.24. The molecular weight excluding hydrogens is 416 g/mol. The molecule has 1 atom stereocenters. The summed E-state index contributed by atoms with van der Waals surface area (Å²) in [6, 6.07) is 24.8. The van der Waals surface area contributed by atoms with Gasteiger partial charge in [0.15, 0.2) is 5.78 Å². The Labute approximate surface area is 195 Å². The van der Waals surface area contributed by atoms with Gasteiger partial charge in [-0.25, -0.2) is 0 Å². The Morgan fingerprint density at radius 1 is 0.848 bits per heavy atom. The lowest BCUT2D eigenvalue weighted by Gasteiger charge is -2.36. The van der Waals surface area contributed by atoms with Gasteiger partial charge in [-0.2, -0.15) is 0 Å². The fourth-order valence-corrected chi connectivity index (χ4v) is 3.87. The van der Waals surface area contributed by atoms with E-state index in [9.17, 15) is 9.90 Å². The van der Waals surface area contributed by atoms with Crippen molar-refractivity contribution < 1.29 is 19.4 Å². The van der Waals surface area contributed by atoms with Crippen molar-refractivity contribution in [3.63, 3.8) is 0 Å². The fourth-order valence-electron chi connectivity index (χ4n) is 3.87. The van der Waals surface area contributed by atoms with Crippen LogP contribution in [0.1, 0.15) is 17.3 Å². The van der Waals surface area contributed by atoms with Gasteiger partial charge < -0.3 is 19.5 Å². The van der Waals surface area contributed by atoms with Crippen LogP contribution < -0.4 is 14.4 Å². The van der Waals surface area contributed by atoms with Crippen molar-refractivity contribution in [1.82, 2.24) is 4.90 Å². The van der Waals surface area contributed by atoms with Crippen LogP contribution in [0.2, 0.25) is 0 Å². The van der Waals surface area contributed by atoms with E-state index in [0.717, 1.165) is 48.9 Å². The highest BCUT2D eigenvalue weighted by molar-refractivity contribution is 5.94. The van der Waals surface area contributed by atoms with E-state index >= 15 is 0 Å². The van der Waals surface area contributed by atoms with E-state index < -0.39 is 6.10 Å². The number of β-amino-alcohol motifs (C(OH)–C–C–N with tert-alkyl or cyclic N) is 1. The second-order valence-electron chi connectivity index (χ2n) is 8.24. The SMILES string of the molecule is CC(=O)c1ccc(N2CCN(CC(O)COc3ccc(Oc4ccccc4)cc3)CC2)cc1. The summed E-state index contributed by atoms with van der Waals surface area (Å²) >= 11 is 0. The number of ketones is 1. The van der Waals surface area contributed by atoms with Crippen LogP contribution in [-0.4, -0.2) is 61.2 Å². The molecular formula is C27H30N2O4. The van der Waals surface area contributed by atoms with Gasteiger partial charge in [-0.15, -0.1) is 0 Å². The molecule has 1 aliphatic rings. The van der Waals surface area contributed by atoms with Crippen molar-refractivity contribution >= 4 is 11.5 Å². The lowest BCUT2D eigenvalue weighted by atomic mass is 10.1. The number of rotatable bonds is 9. The number of hydrogen-bond donors (Lipinski definition) is 1. The summed E-state index contributed by atoms with van der Waals surface area (Å²) < 4.78 is 11.6. The molecule has 3 aromatic carbocycles. The van der Waals surface area contributed by atoms with Crippen LogP contribution in [0.5, 0.6) is 17.2 Å². The Balaban J connectivity index is 1.18. The number of carbonyl (C=O) groups is 1. The molecule has 1 N–H and O–H groups in total. The quantitative estimate of drug-likeness (QED) is 0.496. The number of aliphatic hydroxyl groups excluding tert-OH is 1. The molecule has 0 spiro atoms. The highest BCUT2D eigenvalue weighted by atomic mass is 16.5. The molecule has 0 aromatic heterocycles. The molecule has 0 saturated carbocycles. The summed E-state index contributed by atoms with van der Waals surface area (Å²) in [5.41, 5.74) is 1.86. The van der Waals surface area contributed by atoms with E-state index in [4.69, 9.17) is 9.47 Å².